The molecule has 2 aromatic rings. The maximum absolute atomic E-state index is 13.8. The van der Waals surface area contributed by atoms with E-state index in [-0.39, 0.29) is 52.4 Å². The Morgan fingerprint density at radius 1 is 1.12 bits per heavy atom. The lowest BCUT2D eigenvalue weighted by molar-refractivity contribution is -0.151. The summed E-state index contributed by atoms with van der Waals surface area (Å²) in [6.45, 7) is 6.27. The lowest BCUT2D eigenvalue weighted by Crippen LogP contribution is -2.61. The number of hydrogen-bond acceptors (Lipinski definition) is 7. The molecule has 0 saturated heterocycles. The Kier molecular flexibility index (Phi) is 7.29. The Bertz CT molecular complexity index is 1410. The maximum Gasteiger partial charge on any atom is 0.339 e. The molecule has 4 saturated carbocycles. The van der Waals surface area contributed by atoms with Crippen molar-refractivity contribution in [3.05, 3.63) is 65.7 Å². The van der Waals surface area contributed by atoms with Crippen LogP contribution in [0.2, 0.25) is 0 Å². The predicted octanol–water partition coefficient (Wildman–Crippen LogP) is 5.80. The fourth-order valence-corrected chi connectivity index (χ4v) is 8.66. The van der Waals surface area contributed by atoms with Crippen molar-refractivity contribution in [3.63, 3.8) is 0 Å². The summed E-state index contributed by atoms with van der Waals surface area (Å²) in [7, 11) is 0. The number of rotatable bonds is 7. The Labute approximate surface area is 236 Å². The Morgan fingerprint density at radius 3 is 2.52 bits per heavy atom. The standard InChI is InChI=1S/C31H33NO7S/c1-17-16-31-13-10-19(17)14-22(31)30(2,23(34)15-24(31)40-29(39)18-6-4-3-5-7-18)12-11-25(35)32-26-21(33)9-8-20(27(26)36)28(37)38/h3-9,19,22,24,33,36H,1,10-16H2,2H3,(H,32,35)(H,37,38)/t19-,22+,24-,30-,31-/m0/s1. The second-order valence-electron chi connectivity index (χ2n) is 11.6. The van der Waals surface area contributed by atoms with Crippen molar-refractivity contribution in [2.24, 2.45) is 22.7 Å². The molecule has 2 aromatic carbocycles. The maximum atomic E-state index is 13.8. The van der Waals surface area contributed by atoms with Crippen molar-refractivity contribution in [3.8, 4) is 11.5 Å². The number of ketones is 1. The highest BCUT2D eigenvalue weighted by Crippen LogP contribution is 2.68. The first-order valence-electron chi connectivity index (χ1n) is 13.5. The second kappa shape index (κ2) is 10.4. The minimum absolute atomic E-state index is 0.0171. The molecule has 1 spiro atoms. The summed E-state index contributed by atoms with van der Waals surface area (Å²) >= 11 is 1.26. The molecule has 4 fully saturated rings. The molecule has 2 bridgehead atoms. The molecule has 4 aliphatic carbocycles. The monoisotopic (exact) mass is 563 g/mol. The number of carboxylic acids is 1. The average Bonchev–Trinajstić information content (AvgIpc) is 2.93. The van der Waals surface area contributed by atoms with Crippen molar-refractivity contribution in [1.29, 1.82) is 0 Å². The van der Waals surface area contributed by atoms with Crippen LogP contribution >= 0.6 is 11.8 Å². The van der Waals surface area contributed by atoms with Crippen LogP contribution in [0, 0.1) is 22.7 Å². The SMILES string of the molecule is C=C1C[C@@]23CC[C@H]1C[C@@H]2[C@](C)(CCC(=O)Nc1c(O)ccc(C(=O)O)c1O)C(=O)C[C@@H]3SC(=O)c1ccccc1. The molecule has 4 aliphatic rings. The van der Waals surface area contributed by atoms with Crippen LogP contribution in [0.25, 0.3) is 0 Å². The third-order valence-corrected chi connectivity index (χ3v) is 10.9. The molecule has 210 valence electrons. The minimum atomic E-state index is -1.40. The third kappa shape index (κ3) is 4.70. The van der Waals surface area contributed by atoms with Crippen molar-refractivity contribution in [1.82, 2.24) is 0 Å². The van der Waals surface area contributed by atoms with Crippen LogP contribution < -0.4 is 5.32 Å². The number of carbonyl (C=O) groups is 4. The summed E-state index contributed by atoms with van der Waals surface area (Å²) in [5, 5.41) is 31.9. The molecule has 0 heterocycles. The van der Waals surface area contributed by atoms with Gasteiger partial charge in [0.15, 0.2) is 5.75 Å². The zero-order valence-corrected chi connectivity index (χ0v) is 23.1. The lowest BCUT2D eigenvalue weighted by atomic mass is 9.42. The van der Waals surface area contributed by atoms with Gasteiger partial charge in [0.25, 0.3) is 0 Å². The predicted molar refractivity (Wildman–Crippen MR) is 151 cm³/mol. The van der Waals surface area contributed by atoms with Crippen LogP contribution in [-0.4, -0.2) is 43.3 Å². The number of aromatic carboxylic acids is 1. The van der Waals surface area contributed by atoms with E-state index in [4.69, 9.17) is 0 Å². The highest BCUT2D eigenvalue weighted by atomic mass is 32.2. The summed E-state index contributed by atoms with van der Waals surface area (Å²) in [5.74, 6) is -2.80. The van der Waals surface area contributed by atoms with Gasteiger partial charge in [-0.05, 0) is 61.5 Å². The third-order valence-electron chi connectivity index (χ3n) is 9.51. The van der Waals surface area contributed by atoms with E-state index in [0.717, 1.165) is 37.8 Å². The van der Waals surface area contributed by atoms with Crippen LogP contribution in [0.15, 0.2) is 54.6 Å². The fraction of sp³-hybridized carbons (Fsp3) is 0.419. The smallest absolute Gasteiger partial charge is 0.339 e. The first-order valence-corrected chi connectivity index (χ1v) is 14.4. The number of thioether (sulfide) groups is 1. The molecular weight excluding hydrogens is 530 g/mol. The van der Waals surface area contributed by atoms with Gasteiger partial charge >= 0.3 is 5.97 Å². The van der Waals surface area contributed by atoms with E-state index in [1.165, 1.54) is 17.3 Å². The largest absolute Gasteiger partial charge is 0.506 e. The average molecular weight is 564 g/mol. The molecule has 5 atom stereocenters. The van der Waals surface area contributed by atoms with Gasteiger partial charge in [-0.2, -0.15) is 0 Å². The number of phenols is 2. The highest BCUT2D eigenvalue weighted by molar-refractivity contribution is 8.14. The Balaban J connectivity index is 1.37. The molecule has 0 aromatic heterocycles. The van der Waals surface area contributed by atoms with E-state index in [1.807, 2.05) is 25.1 Å². The summed E-state index contributed by atoms with van der Waals surface area (Å²) in [6, 6.07) is 11.2. The van der Waals surface area contributed by atoms with Crippen molar-refractivity contribution < 1.29 is 34.5 Å². The second-order valence-corrected chi connectivity index (χ2v) is 12.8. The minimum Gasteiger partial charge on any atom is -0.506 e. The number of aromatic hydroxyl groups is 2. The number of phenolic OH excluding ortho intramolecular Hbond substituents is 1. The quantitative estimate of drug-likeness (QED) is 0.245. The van der Waals surface area contributed by atoms with Crippen LogP contribution in [0.3, 0.4) is 0 Å². The van der Waals surface area contributed by atoms with Gasteiger partial charge in [0.05, 0.1) is 0 Å². The van der Waals surface area contributed by atoms with Gasteiger partial charge in [0, 0.05) is 29.1 Å². The van der Waals surface area contributed by atoms with Crippen molar-refractivity contribution in [2.45, 2.75) is 57.1 Å². The molecule has 0 unspecified atom stereocenters. The van der Waals surface area contributed by atoms with Crippen LogP contribution in [-0.2, 0) is 9.59 Å². The molecule has 9 heteroatoms. The number of carbonyl (C=O) groups excluding carboxylic acids is 3. The number of anilines is 1. The summed E-state index contributed by atoms with van der Waals surface area (Å²) < 4.78 is 0. The van der Waals surface area contributed by atoms with Crippen LogP contribution in [0.5, 0.6) is 11.5 Å². The van der Waals surface area contributed by atoms with E-state index in [2.05, 4.69) is 11.9 Å². The van der Waals surface area contributed by atoms with E-state index in [9.17, 15) is 34.5 Å². The van der Waals surface area contributed by atoms with Crippen LogP contribution in [0.4, 0.5) is 5.69 Å². The van der Waals surface area contributed by atoms with Crippen LogP contribution in [0.1, 0.15) is 72.6 Å². The Morgan fingerprint density at radius 2 is 1.85 bits per heavy atom. The first kappa shape index (κ1) is 28.0. The fourth-order valence-electron chi connectivity index (χ4n) is 7.29. The summed E-state index contributed by atoms with van der Waals surface area (Å²) in [6.07, 6.45) is 3.88. The normalized spacial score (nSPS) is 29.1. The molecule has 1 amide bonds. The molecule has 6 rings (SSSR count). The number of benzene rings is 2. The Hall–Kier alpha value is -3.59. The first-order chi connectivity index (χ1) is 19.0. The number of fused-ring (bicyclic) bond motifs is 2. The highest BCUT2D eigenvalue weighted by Gasteiger charge is 2.64. The molecule has 8 nitrogen and oxygen atoms in total. The van der Waals surface area contributed by atoms with Gasteiger partial charge in [-0.15, -0.1) is 0 Å². The van der Waals surface area contributed by atoms with Gasteiger partial charge in [-0.1, -0.05) is 61.2 Å². The van der Waals surface area contributed by atoms with Gasteiger partial charge < -0.3 is 20.6 Å². The van der Waals surface area contributed by atoms with E-state index in [1.54, 1.807) is 12.1 Å². The molecule has 0 radical (unpaired) electrons. The van der Waals surface area contributed by atoms with Gasteiger partial charge in [-0.25, -0.2) is 4.79 Å². The number of amides is 1. The zero-order chi connectivity index (χ0) is 28.8. The number of hydrogen-bond donors (Lipinski definition) is 4. The van der Waals surface area contributed by atoms with Crippen molar-refractivity contribution in [2.75, 3.05) is 5.32 Å². The number of allylic oxidation sites excluding steroid dienone is 1. The topological polar surface area (TPSA) is 141 Å². The number of nitrogens with one attached hydrogen (secondary N) is 1. The van der Waals surface area contributed by atoms with Gasteiger partial charge in [-0.3, -0.25) is 14.4 Å². The number of carboxylic acid groups (broad SMARTS) is 1. The van der Waals surface area contributed by atoms with E-state index < -0.39 is 34.4 Å². The zero-order valence-electron chi connectivity index (χ0n) is 22.3. The number of Topliss-reactive ketones (excluding diaryl/α,β-unsaturated/α-hetero) is 1. The molecular formula is C31H33NO7S. The van der Waals surface area contributed by atoms with Gasteiger partial charge in [0.2, 0.25) is 11.0 Å². The van der Waals surface area contributed by atoms with E-state index in [0.29, 0.717) is 11.5 Å². The summed E-state index contributed by atoms with van der Waals surface area (Å²) in [4.78, 5) is 51.4. The van der Waals surface area contributed by atoms with Gasteiger partial charge in [0.1, 0.15) is 22.8 Å². The lowest BCUT2D eigenvalue weighted by Gasteiger charge is -2.63. The molecule has 4 N–H and O–H groups in total. The molecule has 0 aliphatic heterocycles. The van der Waals surface area contributed by atoms with E-state index >= 15 is 0 Å². The van der Waals surface area contributed by atoms with Crippen molar-refractivity contribution >= 4 is 40.2 Å². The summed E-state index contributed by atoms with van der Waals surface area (Å²) in [5.41, 5.74) is -0.0937. The molecule has 40 heavy (non-hydrogen) atoms.